The Morgan fingerprint density at radius 3 is 2.21 bits per heavy atom. The summed E-state index contributed by atoms with van der Waals surface area (Å²) < 4.78 is 2.67. The first-order chi connectivity index (χ1) is 12.5. The summed E-state index contributed by atoms with van der Waals surface area (Å²) in [7, 11) is 0. The molecule has 0 spiro atoms. The van der Waals surface area contributed by atoms with Gasteiger partial charge in [0.05, 0.1) is 0 Å². The summed E-state index contributed by atoms with van der Waals surface area (Å²) in [5.41, 5.74) is 11.5. The van der Waals surface area contributed by atoms with Crippen LogP contribution in [0.15, 0.2) is 73.1 Å². The van der Waals surface area contributed by atoms with Crippen LogP contribution in [0, 0.1) is 5.92 Å². The Bertz CT molecular complexity index is 858. The van der Waals surface area contributed by atoms with Crippen LogP contribution >= 0.6 is 0 Å². The second-order valence-corrected chi connectivity index (χ2v) is 11.8. The minimum Gasteiger partial charge on any atom is -1.00 e. The molecule has 0 aromatic heterocycles. The van der Waals surface area contributed by atoms with Crippen molar-refractivity contribution in [1.82, 2.24) is 0 Å². The molecule has 0 bridgehead atoms. The predicted octanol–water partition coefficient (Wildman–Crippen LogP) is 1.35. The number of benzene rings is 1. The summed E-state index contributed by atoms with van der Waals surface area (Å²) in [5, 5.41) is 0. The monoisotopic (exact) mass is 490 g/mol. The number of hydrogen-bond donors (Lipinski definition) is 0. The smallest absolute Gasteiger partial charge is 1.00 e. The van der Waals surface area contributed by atoms with Crippen LogP contribution in [0.1, 0.15) is 65.4 Å². The minimum atomic E-state index is -0.640. The van der Waals surface area contributed by atoms with Gasteiger partial charge in [-0.3, -0.25) is 0 Å². The molecule has 0 heterocycles. The van der Waals surface area contributed by atoms with E-state index in [4.69, 9.17) is 0 Å². The van der Waals surface area contributed by atoms with E-state index >= 15 is 0 Å². The van der Waals surface area contributed by atoms with E-state index in [1.54, 1.807) is 27.9 Å². The average Bonchev–Trinajstić information content (AvgIpc) is 3.07. The van der Waals surface area contributed by atoms with Crippen molar-refractivity contribution in [2.24, 2.45) is 5.92 Å². The van der Waals surface area contributed by atoms with Crippen LogP contribution in [-0.4, -0.2) is 0 Å². The van der Waals surface area contributed by atoms with E-state index in [-0.39, 0.29) is 24.8 Å². The Morgan fingerprint density at radius 1 is 0.929 bits per heavy atom. The summed E-state index contributed by atoms with van der Waals surface area (Å²) in [4.78, 5) is 0. The number of halogens is 2. The topological polar surface area (TPSA) is 0 Å². The fraction of sp³-hybridized carbons (Fsp3) is 0.440. The van der Waals surface area contributed by atoms with Gasteiger partial charge in [0.15, 0.2) is 0 Å². The van der Waals surface area contributed by atoms with Gasteiger partial charge in [0.2, 0.25) is 0 Å². The first-order valence-corrected chi connectivity index (χ1v) is 12.7. The molecule has 0 saturated heterocycles. The third kappa shape index (κ3) is 4.10. The van der Waals surface area contributed by atoms with E-state index in [0.29, 0.717) is 11.8 Å². The summed E-state index contributed by atoms with van der Waals surface area (Å²) in [6.45, 7) is 11.9. The van der Waals surface area contributed by atoms with Crippen molar-refractivity contribution < 1.29 is 48.0 Å². The van der Waals surface area contributed by atoms with Crippen LogP contribution < -0.4 is 24.8 Å². The number of rotatable bonds is 3. The molecular formula is C25H30Cl2Zr. The van der Waals surface area contributed by atoms with E-state index < -0.39 is 23.2 Å². The summed E-state index contributed by atoms with van der Waals surface area (Å²) in [5.74, 6) is 1.34. The summed E-state index contributed by atoms with van der Waals surface area (Å²) in [6, 6.07) is 11.2. The Kier molecular flexibility index (Phi) is 8.23. The molecule has 0 radical (unpaired) electrons. The summed E-state index contributed by atoms with van der Waals surface area (Å²) >= 11 is -0.640. The molecule has 3 atom stereocenters. The standard InChI is InChI=1S/C16H17.C9H13.2ClH.Zr/c1-12-10-14-8-5-9-15(16(14)11-12)13-6-3-2-4-7-13;1-6-5-7(2)9(4)8(6)3;;;/h2-4,6-7,10-11,15H,5,8-9H2,1H3;6H,1-4H3;2*1H;/q;;;;+2/p-2. The van der Waals surface area contributed by atoms with Crippen molar-refractivity contribution in [2.45, 2.75) is 63.4 Å². The van der Waals surface area contributed by atoms with E-state index in [2.05, 4.69) is 71.0 Å². The van der Waals surface area contributed by atoms with Crippen LogP contribution in [0.3, 0.4) is 0 Å². The third-order valence-electron chi connectivity index (χ3n) is 7.01. The molecule has 3 heteroatoms. The number of hydrogen-bond acceptors (Lipinski definition) is 0. The minimum absolute atomic E-state index is 0. The maximum absolute atomic E-state index is 2.58. The Hall–Kier alpha value is -0.357. The van der Waals surface area contributed by atoms with Crippen molar-refractivity contribution in [3.8, 4) is 0 Å². The van der Waals surface area contributed by atoms with E-state index in [1.807, 2.05) is 8.85 Å². The molecule has 0 amide bonds. The molecule has 4 rings (SSSR count). The molecule has 0 N–H and O–H groups in total. The van der Waals surface area contributed by atoms with Crippen LogP contribution in [0.2, 0.25) is 3.63 Å². The van der Waals surface area contributed by atoms with Crippen LogP contribution in [0.25, 0.3) is 0 Å². The Labute approximate surface area is 195 Å². The zero-order valence-electron chi connectivity index (χ0n) is 17.6. The SMILES string of the molecule is CC1=CC2=C(CCCC2c2ccccc2)[CH]1[Zr+2][C]1=C(C)C(C)=C(C)C1C.[Cl-].[Cl-]. The van der Waals surface area contributed by atoms with E-state index in [0.717, 1.165) is 3.63 Å². The van der Waals surface area contributed by atoms with Gasteiger partial charge in [-0.25, -0.2) is 0 Å². The van der Waals surface area contributed by atoms with Gasteiger partial charge in [0.25, 0.3) is 0 Å². The van der Waals surface area contributed by atoms with Crippen LogP contribution in [0.4, 0.5) is 0 Å². The van der Waals surface area contributed by atoms with Gasteiger partial charge in [-0.05, 0) is 0 Å². The van der Waals surface area contributed by atoms with Gasteiger partial charge < -0.3 is 24.8 Å². The van der Waals surface area contributed by atoms with Gasteiger partial charge in [0.1, 0.15) is 0 Å². The van der Waals surface area contributed by atoms with Gasteiger partial charge >= 0.3 is 171 Å². The predicted molar refractivity (Wildman–Crippen MR) is 108 cm³/mol. The van der Waals surface area contributed by atoms with Gasteiger partial charge in [-0.15, -0.1) is 0 Å². The second kappa shape index (κ2) is 9.63. The van der Waals surface area contributed by atoms with E-state index in [1.165, 1.54) is 24.8 Å². The molecule has 3 aliphatic carbocycles. The second-order valence-electron chi connectivity index (χ2n) is 8.37. The molecule has 3 unspecified atom stereocenters. The maximum atomic E-state index is 2.58. The van der Waals surface area contributed by atoms with Crippen molar-refractivity contribution in [1.29, 1.82) is 0 Å². The zero-order valence-corrected chi connectivity index (χ0v) is 21.5. The maximum Gasteiger partial charge on any atom is -1.00 e. The van der Waals surface area contributed by atoms with Gasteiger partial charge in [-0.1, -0.05) is 0 Å². The average molecular weight is 493 g/mol. The Morgan fingerprint density at radius 2 is 1.61 bits per heavy atom. The first-order valence-electron chi connectivity index (χ1n) is 10.1. The zero-order chi connectivity index (χ0) is 18.4. The molecule has 0 fully saturated rings. The van der Waals surface area contributed by atoms with Crippen LogP contribution in [-0.2, 0) is 23.2 Å². The van der Waals surface area contributed by atoms with E-state index in [9.17, 15) is 0 Å². The molecule has 28 heavy (non-hydrogen) atoms. The van der Waals surface area contributed by atoms with Crippen molar-refractivity contribution in [3.63, 3.8) is 0 Å². The van der Waals surface area contributed by atoms with Gasteiger partial charge in [0, 0.05) is 0 Å². The van der Waals surface area contributed by atoms with Crippen molar-refractivity contribution >= 4 is 0 Å². The summed E-state index contributed by atoms with van der Waals surface area (Å²) in [6.07, 6.45) is 6.60. The fourth-order valence-corrected chi connectivity index (χ4v) is 9.97. The van der Waals surface area contributed by atoms with Crippen molar-refractivity contribution in [2.75, 3.05) is 0 Å². The molecule has 0 aliphatic heterocycles. The molecule has 0 nitrogen and oxygen atoms in total. The largest absolute Gasteiger partial charge is 1.00 e. The molecule has 148 valence electrons. The van der Waals surface area contributed by atoms with Crippen LogP contribution in [0.5, 0.6) is 0 Å². The van der Waals surface area contributed by atoms with Gasteiger partial charge in [-0.2, -0.15) is 0 Å². The quantitative estimate of drug-likeness (QED) is 0.598. The normalized spacial score (nSPS) is 26.5. The third-order valence-corrected chi connectivity index (χ3v) is 12.5. The molecule has 3 aliphatic rings. The molecule has 0 saturated carbocycles. The fourth-order valence-electron chi connectivity index (χ4n) is 5.11. The first kappa shape index (κ1) is 23.9. The molecular weight excluding hydrogens is 462 g/mol. The number of allylic oxidation sites excluding steroid dienone is 8. The molecule has 1 aromatic rings. The molecule has 1 aromatic carbocycles. The Balaban J connectivity index is 0.00000140. The van der Waals surface area contributed by atoms with Crippen molar-refractivity contribution in [3.05, 3.63) is 78.7 Å².